The third kappa shape index (κ3) is 11.0. The molecule has 0 aliphatic heterocycles. The summed E-state index contributed by atoms with van der Waals surface area (Å²) in [6.45, 7) is 13.9. The maximum absolute atomic E-state index is 11.5. The van der Waals surface area contributed by atoms with E-state index in [0.717, 1.165) is 0 Å². The third-order valence-corrected chi connectivity index (χ3v) is 4.05. The number of amides is 1. The van der Waals surface area contributed by atoms with Crippen molar-refractivity contribution in [3.8, 4) is 5.75 Å². The van der Waals surface area contributed by atoms with E-state index in [-0.39, 0.29) is 12.2 Å². The molecule has 0 bridgehead atoms. The number of carbonyl (C=O) groups excluding carboxylic acids is 1. The van der Waals surface area contributed by atoms with Gasteiger partial charge in [-0.15, -0.1) is 0 Å². The minimum atomic E-state index is -0.971. The van der Waals surface area contributed by atoms with E-state index in [0.29, 0.717) is 25.2 Å². The van der Waals surface area contributed by atoms with E-state index in [9.17, 15) is 9.59 Å². The fraction of sp³-hybridized carbons (Fsp3) is 0.636. The summed E-state index contributed by atoms with van der Waals surface area (Å²) in [4.78, 5) is 27.6. The van der Waals surface area contributed by atoms with E-state index in [1.54, 1.807) is 32.9 Å². The van der Waals surface area contributed by atoms with Crippen LogP contribution in [0.25, 0.3) is 0 Å². The summed E-state index contributed by atoms with van der Waals surface area (Å²) in [5.41, 5.74) is 0.953. The number of carboxylic acid groups (broad SMARTS) is 1. The van der Waals surface area contributed by atoms with Gasteiger partial charge in [0.1, 0.15) is 17.0 Å². The predicted molar refractivity (Wildman–Crippen MR) is 113 cm³/mol. The first kappa shape index (κ1) is 25.7. The minimum Gasteiger partial charge on any atom is -0.488 e. The van der Waals surface area contributed by atoms with Crippen LogP contribution in [0.2, 0.25) is 0 Å². The van der Waals surface area contributed by atoms with Crippen molar-refractivity contribution in [3.63, 3.8) is 0 Å². The SMILES string of the molecule is CC(C)(C)OC(=O)NOCCC(C)(C)OCCC(C)(C)Oc1ccc(C(=O)O)cc1. The number of carbonyl (C=O) groups is 2. The Labute approximate surface area is 178 Å². The molecule has 0 saturated heterocycles. The second-order valence-corrected chi connectivity index (χ2v) is 9.25. The van der Waals surface area contributed by atoms with Gasteiger partial charge in [-0.05, 0) is 72.7 Å². The largest absolute Gasteiger partial charge is 0.488 e. The summed E-state index contributed by atoms with van der Waals surface area (Å²) in [5, 5.41) is 8.96. The van der Waals surface area contributed by atoms with E-state index in [1.807, 2.05) is 27.7 Å². The molecule has 30 heavy (non-hydrogen) atoms. The lowest BCUT2D eigenvalue weighted by Crippen LogP contribution is -2.35. The second kappa shape index (κ2) is 10.6. The Hall–Kier alpha value is -2.32. The van der Waals surface area contributed by atoms with Gasteiger partial charge in [0.25, 0.3) is 0 Å². The summed E-state index contributed by atoms with van der Waals surface area (Å²) in [7, 11) is 0. The van der Waals surface area contributed by atoms with Gasteiger partial charge in [0.15, 0.2) is 0 Å². The predicted octanol–water partition coefficient (Wildman–Crippen LogP) is 4.57. The summed E-state index contributed by atoms with van der Waals surface area (Å²) >= 11 is 0. The first-order chi connectivity index (χ1) is 13.7. The van der Waals surface area contributed by atoms with Gasteiger partial charge in [-0.25, -0.2) is 9.59 Å². The molecule has 8 heteroatoms. The lowest BCUT2D eigenvalue weighted by Gasteiger charge is -2.30. The van der Waals surface area contributed by atoms with Gasteiger partial charge >= 0.3 is 12.1 Å². The van der Waals surface area contributed by atoms with Crippen LogP contribution in [0.5, 0.6) is 5.75 Å². The highest BCUT2D eigenvalue weighted by atomic mass is 16.7. The van der Waals surface area contributed by atoms with Crippen LogP contribution in [-0.2, 0) is 14.3 Å². The van der Waals surface area contributed by atoms with Gasteiger partial charge in [-0.3, -0.25) is 4.84 Å². The van der Waals surface area contributed by atoms with Gasteiger partial charge in [0, 0.05) is 12.8 Å². The molecule has 0 radical (unpaired) electrons. The average Bonchev–Trinajstić information content (AvgIpc) is 2.57. The third-order valence-electron chi connectivity index (χ3n) is 4.05. The first-order valence-corrected chi connectivity index (χ1v) is 9.96. The van der Waals surface area contributed by atoms with Crippen molar-refractivity contribution in [2.75, 3.05) is 13.2 Å². The second-order valence-electron chi connectivity index (χ2n) is 9.25. The molecule has 1 amide bonds. The van der Waals surface area contributed by atoms with Crippen LogP contribution in [0, 0.1) is 0 Å². The number of nitrogens with one attached hydrogen (secondary N) is 1. The molecule has 0 heterocycles. The van der Waals surface area contributed by atoms with Crippen molar-refractivity contribution >= 4 is 12.1 Å². The average molecular weight is 426 g/mol. The van der Waals surface area contributed by atoms with Gasteiger partial charge in [-0.1, -0.05) is 0 Å². The minimum absolute atomic E-state index is 0.216. The van der Waals surface area contributed by atoms with Crippen LogP contribution in [0.3, 0.4) is 0 Å². The molecule has 0 atom stereocenters. The maximum Gasteiger partial charge on any atom is 0.431 e. The Kier molecular flexibility index (Phi) is 9.11. The van der Waals surface area contributed by atoms with Crippen molar-refractivity contribution in [1.29, 1.82) is 0 Å². The quantitative estimate of drug-likeness (QED) is 0.395. The fourth-order valence-corrected chi connectivity index (χ4v) is 2.39. The Morgan fingerprint density at radius 2 is 1.47 bits per heavy atom. The van der Waals surface area contributed by atoms with E-state index >= 15 is 0 Å². The number of hydrogen-bond donors (Lipinski definition) is 2. The van der Waals surface area contributed by atoms with E-state index in [4.69, 9.17) is 24.2 Å². The lowest BCUT2D eigenvalue weighted by molar-refractivity contribution is -0.0692. The maximum atomic E-state index is 11.5. The van der Waals surface area contributed by atoms with Gasteiger partial charge < -0.3 is 19.3 Å². The highest BCUT2D eigenvalue weighted by Gasteiger charge is 2.24. The van der Waals surface area contributed by atoms with E-state index in [1.165, 1.54) is 12.1 Å². The molecule has 0 aliphatic carbocycles. The van der Waals surface area contributed by atoms with Crippen LogP contribution in [0.4, 0.5) is 4.79 Å². The first-order valence-electron chi connectivity index (χ1n) is 9.96. The fourth-order valence-electron chi connectivity index (χ4n) is 2.39. The molecule has 8 nitrogen and oxygen atoms in total. The standard InChI is InChI=1S/C22H35NO7/c1-20(2,3)30-19(26)23-28-15-13-21(4,5)27-14-12-22(6,7)29-17-10-8-16(9-11-17)18(24)25/h8-11H,12-15H2,1-7H3,(H,23,26)(H,24,25). The van der Waals surface area contributed by atoms with Crippen LogP contribution < -0.4 is 10.2 Å². The monoisotopic (exact) mass is 425 g/mol. The number of carboxylic acids is 1. The summed E-state index contributed by atoms with van der Waals surface area (Å²) < 4.78 is 17.0. The Morgan fingerprint density at radius 3 is 2.00 bits per heavy atom. The molecule has 1 aromatic carbocycles. The van der Waals surface area contributed by atoms with Crippen LogP contribution in [-0.4, -0.2) is 47.2 Å². The Balaban J connectivity index is 2.34. The van der Waals surface area contributed by atoms with Crippen molar-refractivity contribution in [1.82, 2.24) is 5.48 Å². The molecule has 0 saturated carbocycles. The number of ether oxygens (including phenoxy) is 3. The van der Waals surface area contributed by atoms with Crippen molar-refractivity contribution in [3.05, 3.63) is 29.8 Å². The number of hydrogen-bond acceptors (Lipinski definition) is 6. The zero-order chi connectivity index (χ0) is 23.0. The molecule has 170 valence electrons. The zero-order valence-electron chi connectivity index (χ0n) is 19.0. The van der Waals surface area contributed by atoms with E-state index < -0.39 is 28.9 Å². The normalized spacial score (nSPS) is 12.4. The lowest BCUT2D eigenvalue weighted by atomic mass is 10.0. The summed E-state index contributed by atoms with van der Waals surface area (Å²) in [6.07, 6.45) is 0.575. The molecule has 0 aromatic heterocycles. The van der Waals surface area contributed by atoms with Crippen LogP contribution in [0.15, 0.2) is 24.3 Å². The molecule has 1 aromatic rings. The highest BCUT2D eigenvalue weighted by Crippen LogP contribution is 2.23. The highest BCUT2D eigenvalue weighted by molar-refractivity contribution is 5.87. The number of aromatic carboxylic acids is 1. The summed E-state index contributed by atoms with van der Waals surface area (Å²) in [5.74, 6) is -0.368. The zero-order valence-corrected chi connectivity index (χ0v) is 19.0. The van der Waals surface area contributed by atoms with Gasteiger partial charge in [0.2, 0.25) is 0 Å². The molecular formula is C22H35NO7. The smallest absolute Gasteiger partial charge is 0.431 e. The molecule has 0 aliphatic rings. The van der Waals surface area contributed by atoms with E-state index in [2.05, 4.69) is 5.48 Å². The molecule has 0 unspecified atom stereocenters. The van der Waals surface area contributed by atoms with Crippen LogP contribution in [0.1, 0.15) is 71.7 Å². The summed E-state index contributed by atoms with van der Waals surface area (Å²) in [6, 6.07) is 6.31. The number of benzene rings is 1. The molecule has 2 N–H and O–H groups in total. The molecular weight excluding hydrogens is 390 g/mol. The van der Waals surface area contributed by atoms with Gasteiger partial charge in [-0.2, -0.15) is 5.48 Å². The Bertz CT molecular complexity index is 690. The van der Waals surface area contributed by atoms with Crippen molar-refractivity contribution in [2.24, 2.45) is 0 Å². The molecule has 0 spiro atoms. The number of rotatable bonds is 11. The van der Waals surface area contributed by atoms with Crippen LogP contribution >= 0.6 is 0 Å². The number of hydroxylamine groups is 1. The van der Waals surface area contributed by atoms with Gasteiger partial charge in [0.05, 0.1) is 24.4 Å². The van der Waals surface area contributed by atoms with Crippen molar-refractivity contribution in [2.45, 2.75) is 78.1 Å². The molecule has 1 rings (SSSR count). The van der Waals surface area contributed by atoms with Crippen molar-refractivity contribution < 1.29 is 33.7 Å². The topological polar surface area (TPSA) is 103 Å². The Morgan fingerprint density at radius 1 is 0.900 bits per heavy atom. The molecule has 0 fully saturated rings.